The Bertz CT molecular complexity index is 1480. The number of nitrogens with zero attached hydrogens (tertiary/aromatic N) is 5. The van der Waals surface area contributed by atoms with E-state index in [0.29, 0.717) is 11.5 Å². The van der Waals surface area contributed by atoms with Crippen molar-refractivity contribution in [3.05, 3.63) is 62.3 Å². The van der Waals surface area contributed by atoms with E-state index in [4.69, 9.17) is 0 Å². The maximum atomic E-state index is 13.4. The number of carbonyl (C=O) groups excluding carboxylic acids is 1. The molecular formula is C22H24FN5O3. The van der Waals surface area contributed by atoms with Gasteiger partial charge in [-0.1, -0.05) is 20.8 Å². The van der Waals surface area contributed by atoms with Crippen molar-refractivity contribution in [2.24, 2.45) is 12.5 Å². The summed E-state index contributed by atoms with van der Waals surface area (Å²) in [5, 5.41) is 0. The molecular weight excluding hydrogens is 401 g/mol. The van der Waals surface area contributed by atoms with Crippen LogP contribution in [0, 0.1) is 25.1 Å². The van der Waals surface area contributed by atoms with Gasteiger partial charge < -0.3 is 0 Å². The Morgan fingerprint density at radius 1 is 1.06 bits per heavy atom. The standard InChI is InChI=1S/C22H24FN5O3/c1-12-13(2)28-17-18(24-20(28)27(12)15-9-7-14(23)8-10-15)25(6)21(31)26(19(17)30)11-16(29)22(3,4)5/h7-10H,11H2,1-6H3. The predicted octanol–water partition coefficient (Wildman–Crippen LogP) is 2.51. The SMILES string of the molecule is Cc1c(C)n2c3c(=O)n(CC(=O)C(C)(C)C)c(=O)n(C)c3nc2n1-c1ccc(F)cc1. The summed E-state index contributed by atoms with van der Waals surface area (Å²) in [6.45, 7) is 8.65. The molecule has 0 aliphatic rings. The first-order chi connectivity index (χ1) is 14.4. The Hall–Kier alpha value is -3.49. The molecule has 0 fully saturated rings. The van der Waals surface area contributed by atoms with Gasteiger partial charge in [-0.15, -0.1) is 0 Å². The van der Waals surface area contributed by atoms with E-state index in [9.17, 15) is 18.8 Å². The summed E-state index contributed by atoms with van der Waals surface area (Å²) in [5.74, 6) is -0.143. The van der Waals surface area contributed by atoms with Crippen LogP contribution in [0.5, 0.6) is 0 Å². The van der Waals surface area contributed by atoms with Gasteiger partial charge in [-0.2, -0.15) is 4.98 Å². The summed E-state index contributed by atoms with van der Waals surface area (Å²) in [5.41, 5.74) is 0.850. The van der Waals surface area contributed by atoms with E-state index in [1.807, 2.05) is 18.4 Å². The Kier molecular flexibility index (Phi) is 4.53. The maximum Gasteiger partial charge on any atom is 0.332 e. The van der Waals surface area contributed by atoms with E-state index in [1.165, 1.54) is 23.7 Å². The fraction of sp³-hybridized carbons (Fsp3) is 0.364. The number of hydrogen-bond donors (Lipinski definition) is 0. The van der Waals surface area contributed by atoms with Gasteiger partial charge in [-0.3, -0.25) is 27.7 Å². The van der Waals surface area contributed by atoms with Crippen LogP contribution in [-0.4, -0.2) is 28.9 Å². The zero-order chi connectivity index (χ0) is 22.8. The lowest BCUT2D eigenvalue weighted by Crippen LogP contribution is -2.43. The molecule has 0 aliphatic carbocycles. The topological polar surface area (TPSA) is 83.3 Å². The minimum atomic E-state index is -0.690. The van der Waals surface area contributed by atoms with Gasteiger partial charge in [-0.25, -0.2) is 9.18 Å². The first-order valence-electron chi connectivity index (χ1n) is 9.92. The van der Waals surface area contributed by atoms with Gasteiger partial charge in [0, 0.05) is 29.5 Å². The summed E-state index contributed by atoms with van der Waals surface area (Å²) in [7, 11) is 1.53. The number of hydrogen-bond acceptors (Lipinski definition) is 4. The second kappa shape index (κ2) is 6.76. The number of Topliss-reactive ketones (excluding diaryl/α,β-unsaturated/α-hetero) is 1. The lowest BCUT2D eigenvalue weighted by atomic mass is 9.91. The summed E-state index contributed by atoms with van der Waals surface area (Å²) >= 11 is 0. The predicted molar refractivity (Wildman–Crippen MR) is 115 cm³/mol. The molecule has 0 saturated heterocycles. The second-order valence-corrected chi connectivity index (χ2v) is 8.81. The number of imidazole rings is 2. The number of aromatic nitrogens is 5. The van der Waals surface area contributed by atoms with Crippen LogP contribution in [-0.2, 0) is 18.4 Å². The van der Waals surface area contributed by atoms with Crippen molar-refractivity contribution >= 4 is 22.7 Å². The maximum absolute atomic E-state index is 13.4. The monoisotopic (exact) mass is 425 g/mol. The zero-order valence-electron chi connectivity index (χ0n) is 18.4. The van der Waals surface area contributed by atoms with Gasteiger partial charge in [-0.05, 0) is 38.1 Å². The number of carbonyl (C=O) groups is 1. The molecule has 4 rings (SSSR count). The highest BCUT2D eigenvalue weighted by atomic mass is 19.1. The first kappa shape index (κ1) is 20.8. The van der Waals surface area contributed by atoms with Crippen LogP contribution in [0.3, 0.4) is 0 Å². The van der Waals surface area contributed by atoms with Crippen LogP contribution in [0.25, 0.3) is 22.6 Å². The Morgan fingerprint density at radius 3 is 2.26 bits per heavy atom. The molecule has 9 heteroatoms. The number of fused-ring (bicyclic) bond motifs is 3. The lowest BCUT2D eigenvalue weighted by molar-refractivity contribution is -0.127. The molecule has 162 valence electrons. The number of ketones is 1. The molecule has 0 aliphatic heterocycles. The van der Waals surface area contributed by atoms with Crippen molar-refractivity contribution < 1.29 is 9.18 Å². The van der Waals surface area contributed by atoms with Gasteiger partial charge in [0.2, 0.25) is 5.78 Å². The molecule has 3 heterocycles. The fourth-order valence-electron chi connectivity index (χ4n) is 3.67. The van der Waals surface area contributed by atoms with E-state index in [0.717, 1.165) is 16.0 Å². The number of halogens is 1. The van der Waals surface area contributed by atoms with Crippen molar-refractivity contribution in [1.29, 1.82) is 0 Å². The van der Waals surface area contributed by atoms with Gasteiger partial charge in [0.1, 0.15) is 5.82 Å². The van der Waals surface area contributed by atoms with E-state index >= 15 is 0 Å². The Labute approximate surface area is 177 Å². The summed E-state index contributed by atoms with van der Waals surface area (Å²) in [6.07, 6.45) is 0. The molecule has 0 unspecified atom stereocenters. The zero-order valence-corrected chi connectivity index (χ0v) is 18.4. The van der Waals surface area contributed by atoms with Crippen molar-refractivity contribution in [1.82, 2.24) is 23.1 Å². The number of aryl methyl sites for hydroxylation is 2. The van der Waals surface area contributed by atoms with Crippen LogP contribution in [0.2, 0.25) is 0 Å². The third-order valence-electron chi connectivity index (χ3n) is 5.74. The highest BCUT2D eigenvalue weighted by molar-refractivity contribution is 5.84. The van der Waals surface area contributed by atoms with Gasteiger partial charge in [0.05, 0.1) is 6.54 Å². The van der Waals surface area contributed by atoms with Crippen molar-refractivity contribution in [2.45, 2.75) is 41.2 Å². The minimum Gasteiger partial charge on any atom is -0.297 e. The quantitative estimate of drug-likeness (QED) is 0.505. The third kappa shape index (κ3) is 3.03. The Morgan fingerprint density at radius 2 is 1.68 bits per heavy atom. The average Bonchev–Trinajstić information content (AvgIpc) is 3.19. The van der Waals surface area contributed by atoms with Crippen LogP contribution in [0.1, 0.15) is 32.2 Å². The van der Waals surface area contributed by atoms with Gasteiger partial charge in [0.25, 0.3) is 5.56 Å². The molecule has 0 N–H and O–H groups in total. The molecule has 4 aromatic rings. The summed E-state index contributed by atoms with van der Waals surface area (Å²) in [6, 6.07) is 5.95. The molecule has 3 aromatic heterocycles. The van der Waals surface area contributed by atoms with Crippen molar-refractivity contribution in [3.63, 3.8) is 0 Å². The smallest absolute Gasteiger partial charge is 0.297 e. The molecule has 0 saturated carbocycles. The normalized spacial score (nSPS) is 12.2. The highest BCUT2D eigenvalue weighted by Crippen LogP contribution is 2.24. The highest BCUT2D eigenvalue weighted by Gasteiger charge is 2.26. The van der Waals surface area contributed by atoms with Crippen LogP contribution in [0.15, 0.2) is 33.9 Å². The van der Waals surface area contributed by atoms with Crippen LogP contribution >= 0.6 is 0 Å². The largest absolute Gasteiger partial charge is 0.332 e. The third-order valence-corrected chi connectivity index (χ3v) is 5.74. The van der Waals surface area contributed by atoms with Gasteiger partial charge >= 0.3 is 5.69 Å². The molecule has 31 heavy (non-hydrogen) atoms. The van der Waals surface area contributed by atoms with Crippen molar-refractivity contribution in [3.8, 4) is 5.69 Å². The number of benzene rings is 1. The minimum absolute atomic E-state index is 0.219. The molecule has 0 amide bonds. The molecule has 1 aromatic carbocycles. The van der Waals surface area contributed by atoms with Crippen LogP contribution in [0.4, 0.5) is 4.39 Å². The van der Waals surface area contributed by atoms with E-state index < -0.39 is 16.7 Å². The van der Waals surface area contributed by atoms with E-state index in [-0.39, 0.29) is 29.3 Å². The lowest BCUT2D eigenvalue weighted by Gasteiger charge is -2.17. The van der Waals surface area contributed by atoms with Crippen molar-refractivity contribution in [2.75, 3.05) is 0 Å². The first-order valence-corrected chi connectivity index (χ1v) is 9.92. The van der Waals surface area contributed by atoms with Crippen LogP contribution < -0.4 is 11.2 Å². The summed E-state index contributed by atoms with van der Waals surface area (Å²) < 4.78 is 19.2. The average molecular weight is 425 g/mol. The van der Waals surface area contributed by atoms with E-state index in [1.54, 1.807) is 37.3 Å². The number of rotatable bonds is 3. The second-order valence-electron chi connectivity index (χ2n) is 8.81. The molecule has 0 bridgehead atoms. The molecule has 0 radical (unpaired) electrons. The molecule has 8 nitrogen and oxygen atoms in total. The Balaban J connectivity index is 2.08. The van der Waals surface area contributed by atoms with E-state index in [2.05, 4.69) is 4.98 Å². The fourth-order valence-corrected chi connectivity index (χ4v) is 3.67. The summed E-state index contributed by atoms with van der Waals surface area (Å²) in [4.78, 5) is 43.4. The molecule has 0 spiro atoms. The molecule has 0 atom stereocenters. The van der Waals surface area contributed by atoms with Gasteiger partial charge in [0.15, 0.2) is 16.9 Å².